The molecule has 2 aliphatic rings. The highest BCUT2D eigenvalue weighted by Gasteiger charge is 2.32. The molecule has 5 nitrogen and oxygen atoms in total. The van der Waals surface area contributed by atoms with Gasteiger partial charge in [0.25, 0.3) is 10.2 Å². The molecule has 2 rings (SSSR count). The maximum Gasteiger partial charge on any atom is 0.279 e. The van der Waals surface area contributed by atoms with Crippen LogP contribution in [0.3, 0.4) is 0 Å². The van der Waals surface area contributed by atoms with E-state index in [9.17, 15) is 8.42 Å². The number of rotatable bonds is 7. The van der Waals surface area contributed by atoms with Crippen molar-refractivity contribution in [3.8, 4) is 0 Å². The van der Waals surface area contributed by atoms with Crippen molar-refractivity contribution in [2.45, 2.75) is 70.9 Å². The van der Waals surface area contributed by atoms with E-state index in [0.717, 1.165) is 25.8 Å². The standard InChI is InChI=1S/C15H31N3O2S/c1-13(2)16-12-15-9-5-6-10-18(15)21(19,20)17-11-14-7-3-4-8-14/h13-17H,3-12H2,1-2H3. The predicted molar refractivity (Wildman–Crippen MR) is 86.4 cm³/mol. The van der Waals surface area contributed by atoms with Crippen molar-refractivity contribution in [1.29, 1.82) is 0 Å². The molecule has 1 aliphatic carbocycles. The Morgan fingerprint density at radius 2 is 1.71 bits per heavy atom. The van der Waals surface area contributed by atoms with E-state index in [1.165, 1.54) is 25.7 Å². The van der Waals surface area contributed by atoms with Crippen molar-refractivity contribution in [2.75, 3.05) is 19.6 Å². The van der Waals surface area contributed by atoms with Crippen molar-refractivity contribution in [1.82, 2.24) is 14.3 Å². The lowest BCUT2D eigenvalue weighted by molar-refractivity contribution is 0.238. The first-order valence-electron chi connectivity index (χ1n) is 8.49. The SMILES string of the molecule is CC(C)NCC1CCCCN1S(=O)(=O)NCC1CCCC1. The summed E-state index contributed by atoms with van der Waals surface area (Å²) in [6.07, 6.45) is 7.89. The fourth-order valence-corrected chi connectivity index (χ4v) is 4.94. The summed E-state index contributed by atoms with van der Waals surface area (Å²) >= 11 is 0. The van der Waals surface area contributed by atoms with Crippen LogP contribution in [-0.2, 0) is 10.2 Å². The lowest BCUT2D eigenvalue weighted by Crippen LogP contribution is -2.53. The predicted octanol–water partition coefficient (Wildman–Crippen LogP) is 1.86. The molecule has 1 atom stereocenters. The second-order valence-corrected chi connectivity index (χ2v) is 8.54. The molecule has 0 amide bonds. The van der Waals surface area contributed by atoms with Gasteiger partial charge in [0.2, 0.25) is 0 Å². The smallest absolute Gasteiger partial charge is 0.279 e. The largest absolute Gasteiger partial charge is 0.313 e. The van der Waals surface area contributed by atoms with Crippen LogP contribution < -0.4 is 10.0 Å². The average Bonchev–Trinajstić information content (AvgIpc) is 2.97. The lowest BCUT2D eigenvalue weighted by Gasteiger charge is -2.35. The van der Waals surface area contributed by atoms with Gasteiger partial charge in [-0.15, -0.1) is 0 Å². The Balaban J connectivity index is 1.90. The zero-order chi connectivity index (χ0) is 15.3. The molecule has 1 heterocycles. The summed E-state index contributed by atoms with van der Waals surface area (Å²) in [6, 6.07) is 0.491. The highest BCUT2D eigenvalue weighted by Crippen LogP contribution is 2.25. The first-order valence-corrected chi connectivity index (χ1v) is 9.93. The third-order valence-corrected chi connectivity index (χ3v) is 6.30. The first kappa shape index (κ1) is 17.2. The summed E-state index contributed by atoms with van der Waals surface area (Å²) in [5.74, 6) is 0.539. The Labute approximate surface area is 130 Å². The number of nitrogens with one attached hydrogen (secondary N) is 2. The number of nitrogens with zero attached hydrogens (tertiary/aromatic N) is 1. The monoisotopic (exact) mass is 317 g/mol. The number of piperidine rings is 1. The molecule has 0 aromatic heterocycles. The van der Waals surface area contributed by atoms with Gasteiger partial charge in [-0.3, -0.25) is 0 Å². The summed E-state index contributed by atoms with van der Waals surface area (Å²) in [5, 5.41) is 3.38. The van der Waals surface area contributed by atoms with Gasteiger partial charge in [-0.05, 0) is 31.6 Å². The lowest BCUT2D eigenvalue weighted by atomic mass is 10.0. The van der Waals surface area contributed by atoms with Gasteiger partial charge in [-0.25, -0.2) is 4.72 Å². The van der Waals surface area contributed by atoms with Gasteiger partial charge in [0, 0.05) is 31.7 Å². The van der Waals surface area contributed by atoms with E-state index in [1.54, 1.807) is 4.31 Å². The molecular formula is C15H31N3O2S. The van der Waals surface area contributed by atoms with Crippen molar-refractivity contribution in [3.05, 3.63) is 0 Å². The van der Waals surface area contributed by atoms with Gasteiger partial charge in [0.05, 0.1) is 0 Å². The molecule has 2 fully saturated rings. The third-order valence-electron chi connectivity index (χ3n) is 4.67. The quantitative estimate of drug-likeness (QED) is 0.753. The van der Waals surface area contributed by atoms with E-state index in [2.05, 4.69) is 23.9 Å². The zero-order valence-corrected chi connectivity index (χ0v) is 14.3. The number of hydrogen-bond donors (Lipinski definition) is 2. The average molecular weight is 317 g/mol. The molecule has 0 bridgehead atoms. The molecule has 2 N–H and O–H groups in total. The summed E-state index contributed by atoms with van der Waals surface area (Å²) in [5.41, 5.74) is 0. The van der Waals surface area contributed by atoms with Gasteiger partial charge in [-0.2, -0.15) is 12.7 Å². The van der Waals surface area contributed by atoms with Crippen LogP contribution in [0.15, 0.2) is 0 Å². The molecule has 0 spiro atoms. The Bertz CT molecular complexity index is 405. The number of hydrogen-bond acceptors (Lipinski definition) is 3. The van der Waals surface area contributed by atoms with Crippen LogP contribution in [0.4, 0.5) is 0 Å². The summed E-state index contributed by atoms with van der Waals surface area (Å²) < 4.78 is 29.7. The van der Waals surface area contributed by atoms with E-state index in [0.29, 0.717) is 25.0 Å². The van der Waals surface area contributed by atoms with Crippen molar-refractivity contribution in [2.24, 2.45) is 5.92 Å². The van der Waals surface area contributed by atoms with E-state index < -0.39 is 10.2 Å². The maximum absolute atomic E-state index is 12.6. The van der Waals surface area contributed by atoms with Gasteiger partial charge in [0.1, 0.15) is 0 Å². The second-order valence-electron chi connectivity index (χ2n) is 6.83. The molecular weight excluding hydrogens is 286 g/mol. The van der Waals surface area contributed by atoms with E-state index in [1.807, 2.05) is 0 Å². The van der Waals surface area contributed by atoms with Crippen LogP contribution >= 0.6 is 0 Å². The van der Waals surface area contributed by atoms with E-state index in [4.69, 9.17) is 0 Å². The molecule has 124 valence electrons. The minimum Gasteiger partial charge on any atom is -0.313 e. The Kier molecular flexibility index (Phi) is 6.47. The van der Waals surface area contributed by atoms with Gasteiger partial charge < -0.3 is 5.32 Å². The second kappa shape index (κ2) is 7.90. The fourth-order valence-electron chi connectivity index (χ4n) is 3.39. The normalized spacial score (nSPS) is 25.8. The highest BCUT2D eigenvalue weighted by molar-refractivity contribution is 7.87. The Hall–Kier alpha value is -0.170. The van der Waals surface area contributed by atoms with Crippen LogP contribution in [0.25, 0.3) is 0 Å². The minimum atomic E-state index is -3.32. The Morgan fingerprint density at radius 3 is 2.38 bits per heavy atom. The molecule has 1 saturated carbocycles. The zero-order valence-electron chi connectivity index (χ0n) is 13.5. The molecule has 1 unspecified atom stereocenters. The van der Waals surface area contributed by atoms with Gasteiger partial charge >= 0.3 is 0 Å². The first-order chi connectivity index (χ1) is 9.99. The molecule has 1 saturated heterocycles. The van der Waals surface area contributed by atoms with Crippen LogP contribution in [0, 0.1) is 5.92 Å². The molecule has 0 aromatic rings. The summed E-state index contributed by atoms with van der Waals surface area (Å²) in [4.78, 5) is 0. The fraction of sp³-hybridized carbons (Fsp3) is 1.00. The van der Waals surface area contributed by atoms with Crippen molar-refractivity contribution >= 4 is 10.2 Å². The van der Waals surface area contributed by atoms with E-state index >= 15 is 0 Å². The molecule has 1 aliphatic heterocycles. The van der Waals surface area contributed by atoms with Crippen molar-refractivity contribution < 1.29 is 8.42 Å². The van der Waals surface area contributed by atoms with Crippen LogP contribution in [0.5, 0.6) is 0 Å². The molecule has 0 aromatic carbocycles. The third kappa shape index (κ3) is 5.20. The minimum absolute atomic E-state index is 0.0993. The molecule has 0 radical (unpaired) electrons. The topological polar surface area (TPSA) is 61.4 Å². The highest BCUT2D eigenvalue weighted by atomic mass is 32.2. The van der Waals surface area contributed by atoms with Gasteiger partial charge in [-0.1, -0.05) is 33.1 Å². The van der Waals surface area contributed by atoms with E-state index in [-0.39, 0.29) is 6.04 Å². The Morgan fingerprint density at radius 1 is 1.05 bits per heavy atom. The summed E-state index contributed by atoms with van der Waals surface area (Å²) in [6.45, 7) is 6.22. The van der Waals surface area contributed by atoms with Crippen molar-refractivity contribution in [3.63, 3.8) is 0 Å². The molecule has 6 heteroatoms. The van der Waals surface area contributed by atoms with Crippen LogP contribution in [0.2, 0.25) is 0 Å². The van der Waals surface area contributed by atoms with Gasteiger partial charge in [0.15, 0.2) is 0 Å². The summed E-state index contributed by atoms with van der Waals surface area (Å²) in [7, 11) is -3.32. The maximum atomic E-state index is 12.6. The van der Waals surface area contributed by atoms with Crippen LogP contribution in [-0.4, -0.2) is 44.4 Å². The molecule has 21 heavy (non-hydrogen) atoms. The van der Waals surface area contributed by atoms with Crippen LogP contribution in [0.1, 0.15) is 58.8 Å².